The summed E-state index contributed by atoms with van der Waals surface area (Å²) in [5, 5.41) is 6.46. The highest BCUT2D eigenvalue weighted by molar-refractivity contribution is 5.96. The number of hydrogen-bond acceptors (Lipinski definition) is 5. The number of carbonyl (C=O) groups excluding carboxylic acids is 2. The first-order valence-corrected chi connectivity index (χ1v) is 7.52. The molecule has 3 amide bonds. The van der Waals surface area contributed by atoms with Crippen LogP contribution in [-0.2, 0) is 9.53 Å². The Kier molecular flexibility index (Phi) is 4.28. The summed E-state index contributed by atoms with van der Waals surface area (Å²) in [5.41, 5.74) is 0. The largest absolute Gasteiger partial charge is 0.378 e. The van der Waals surface area contributed by atoms with E-state index in [1.54, 1.807) is 22.8 Å². The number of carbonyl (C=O) groups is 2. The number of rotatable bonds is 2. The molecule has 0 bridgehead atoms. The van der Waals surface area contributed by atoms with Crippen molar-refractivity contribution in [3.63, 3.8) is 0 Å². The van der Waals surface area contributed by atoms with Gasteiger partial charge in [-0.3, -0.25) is 4.79 Å². The third kappa shape index (κ3) is 3.06. The van der Waals surface area contributed by atoms with Gasteiger partial charge in [0.25, 0.3) is 0 Å². The molecular formula is C14H20N4O4. The molecule has 0 unspecified atom stereocenters. The summed E-state index contributed by atoms with van der Waals surface area (Å²) in [5.74, 6) is 0.795. The molecule has 2 fully saturated rings. The standard InChI is InChI=1S/C14H20N4O4/c1-10-9-12(16-22-10)15-13(19)11-3-2-4-18(11)14(20)17-5-7-21-8-6-17/h9,11H,2-8H2,1H3,(H,15,16,19)/t11-/m0/s1. The second-order valence-electron chi connectivity index (χ2n) is 5.55. The molecule has 0 aromatic carbocycles. The molecule has 3 heterocycles. The molecule has 8 heteroatoms. The zero-order valence-corrected chi connectivity index (χ0v) is 12.6. The molecule has 0 saturated carbocycles. The lowest BCUT2D eigenvalue weighted by Gasteiger charge is -2.33. The Morgan fingerprint density at radius 2 is 2.09 bits per heavy atom. The van der Waals surface area contributed by atoms with E-state index < -0.39 is 6.04 Å². The highest BCUT2D eigenvalue weighted by atomic mass is 16.5. The Morgan fingerprint density at radius 3 is 2.77 bits per heavy atom. The van der Waals surface area contributed by atoms with Crippen LogP contribution in [0.5, 0.6) is 0 Å². The average Bonchev–Trinajstić information content (AvgIpc) is 3.16. The fourth-order valence-electron chi connectivity index (χ4n) is 2.84. The molecule has 3 rings (SSSR count). The van der Waals surface area contributed by atoms with Crippen molar-refractivity contribution in [2.75, 3.05) is 38.2 Å². The predicted molar refractivity (Wildman–Crippen MR) is 77.4 cm³/mol. The van der Waals surface area contributed by atoms with Gasteiger partial charge in [0.15, 0.2) is 5.82 Å². The first-order chi connectivity index (χ1) is 10.6. The lowest BCUT2D eigenvalue weighted by molar-refractivity contribution is -0.119. The highest BCUT2D eigenvalue weighted by Gasteiger charge is 2.36. The van der Waals surface area contributed by atoms with Crippen LogP contribution >= 0.6 is 0 Å². The highest BCUT2D eigenvalue weighted by Crippen LogP contribution is 2.21. The van der Waals surface area contributed by atoms with Crippen LogP contribution < -0.4 is 5.32 Å². The van der Waals surface area contributed by atoms with Gasteiger partial charge >= 0.3 is 6.03 Å². The van der Waals surface area contributed by atoms with Crippen molar-refractivity contribution in [1.29, 1.82) is 0 Å². The lowest BCUT2D eigenvalue weighted by Crippen LogP contribution is -2.52. The van der Waals surface area contributed by atoms with Crippen LogP contribution in [0.25, 0.3) is 0 Å². The normalized spacial score (nSPS) is 22.0. The van der Waals surface area contributed by atoms with E-state index in [4.69, 9.17) is 9.26 Å². The third-order valence-corrected chi connectivity index (χ3v) is 3.96. The summed E-state index contributed by atoms with van der Waals surface area (Å²) in [6.07, 6.45) is 1.49. The van der Waals surface area contributed by atoms with E-state index in [1.807, 2.05) is 0 Å². The van der Waals surface area contributed by atoms with Gasteiger partial charge in [-0.05, 0) is 19.8 Å². The van der Waals surface area contributed by atoms with Gasteiger partial charge in [0.1, 0.15) is 11.8 Å². The minimum atomic E-state index is -0.452. The van der Waals surface area contributed by atoms with Crippen molar-refractivity contribution in [1.82, 2.24) is 15.0 Å². The molecule has 1 N–H and O–H groups in total. The second kappa shape index (κ2) is 6.35. The van der Waals surface area contributed by atoms with E-state index in [-0.39, 0.29) is 11.9 Å². The maximum atomic E-state index is 12.6. The Labute approximate surface area is 128 Å². The molecule has 22 heavy (non-hydrogen) atoms. The second-order valence-corrected chi connectivity index (χ2v) is 5.55. The van der Waals surface area contributed by atoms with Crippen LogP contribution in [0.2, 0.25) is 0 Å². The minimum Gasteiger partial charge on any atom is -0.378 e. The fourth-order valence-corrected chi connectivity index (χ4v) is 2.84. The molecule has 8 nitrogen and oxygen atoms in total. The van der Waals surface area contributed by atoms with E-state index >= 15 is 0 Å². The molecule has 0 spiro atoms. The van der Waals surface area contributed by atoms with E-state index in [9.17, 15) is 9.59 Å². The number of aryl methyl sites for hydroxylation is 1. The zero-order chi connectivity index (χ0) is 15.5. The summed E-state index contributed by atoms with van der Waals surface area (Å²) in [7, 11) is 0. The van der Waals surface area contributed by atoms with E-state index in [0.717, 1.165) is 6.42 Å². The van der Waals surface area contributed by atoms with E-state index in [1.165, 1.54) is 0 Å². The smallest absolute Gasteiger partial charge is 0.320 e. The molecule has 120 valence electrons. The molecule has 1 atom stereocenters. The topological polar surface area (TPSA) is 87.9 Å². The first kappa shape index (κ1) is 14.8. The molecule has 0 aliphatic carbocycles. The van der Waals surface area contributed by atoms with E-state index in [2.05, 4.69) is 10.5 Å². The number of morpholine rings is 1. The number of anilines is 1. The van der Waals surface area contributed by atoms with Crippen LogP contribution in [0, 0.1) is 6.92 Å². The number of urea groups is 1. The van der Waals surface area contributed by atoms with E-state index in [0.29, 0.717) is 50.8 Å². The molecule has 2 aliphatic rings. The fraction of sp³-hybridized carbons (Fsp3) is 0.643. The summed E-state index contributed by atoms with van der Waals surface area (Å²) in [6.45, 7) is 4.61. The number of amides is 3. The van der Waals surface area contributed by atoms with Gasteiger partial charge < -0.3 is 24.4 Å². The number of nitrogens with one attached hydrogen (secondary N) is 1. The number of hydrogen-bond donors (Lipinski definition) is 1. The monoisotopic (exact) mass is 308 g/mol. The van der Waals surface area contributed by atoms with Crippen molar-refractivity contribution in [2.24, 2.45) is 0 Å². The minimum absolute atomic E-state index is 0.0858. The van der Waals surface area contributed by atoms with Gasteiger partial charge in [-0.2, -0.15) is 0 Å². The van der Waals surface area contributed by atoms with Crippen LogP contribution in [0.1, 0.15) is 18.6 Å². The molecular weight excluding hydrogens is 288 g/mol. The molecule has 1 aromatic rings. The maximum Gasteiger partial charge on any atom is 0.320 e. The van der Waals surface area contributed by atoms with Crippen molar-refractivity contribution < 1.29 is 18.8 Å². The summed E-state index contributed by atoms with van der Waals surface area (Å²) in [4.78, 5) is 28.3. The van der Waals surface area contributed by atoms with Gasteiger partial charge in [0, 0.05) is 25.7 Å². The Bertz CT molecular complexity index is 553. The van der Waals surface area contributed by atoms with Crippen LogP contribution in [0.15, 0.2) is 10.6 Å². The average molecular weight is 308 g/mol. The zero-order valence-electron chi connectivity index (χ0n) is 12.6. The van der Waals surface area contributed by atoms with Crippen LogP contribution in [0.4, 0.5) is 10.6 Å². The molecule has 0 radical (unpaired) electrons. The number of likely N-dealkylation sites (tertiary alicyclic amines) is 1. The predicted octanol–water partition coefficient (Wildman–Crippen LogP) is 0.838. The van der Waals surface area contributed by atoms with Crippen molar-refractivity contribution in [3.05, 3.63) is 11.8 Å². The summed E-state index contributed by atoms with van der Waals surface area (Å²) >= 11 is 0. The molecule has 2 saturated heterocycles. The van der Waals surface area contributed by atoms with Gasteiger partial charge in [-0.25, -0.2) is 4.79 Å². The van der Waals surface area contributed by atoms with Crippen LogP contribution in [-0.4, -0.2) is 65.8 Å². The Morgan fingerprint density at radius 1 is 1.32 bits per heavy atom. The van der Waals surface area contributed by atoms with Gasteiger partial charge in [-0.1, -0.05) is 5.16 Å². The molecule has 1 aromatic heterocycles. The number of aromatic nitrogens is 1. The quantitative estimate of drug-likeness (QED) is 0.874. The van der Waals surface area contributed by atoms with Crippen LogP contribution in [0.3, 0.4) is 0 Å². The van der Waals surface area contributed by atoms with Gasteiger partial charge in [0.2, 0.25) is 5.91 Å². The van der Waals surface area contributed by atoms with Gasteiger partial charge in [-0.15, -0.1) is 0 Å². The first-order valence-electron chi connectivity index (χ1n) is 7.52. The Balaban J connectivity index is 1.64. The summed E-state index contributed by atoms with van der Waals surface area (Å²) < 4.78 is 10.2. The number of nitrogens with zero attached hydrogens (tertiary/aromatic N) is 3. The van der Waals surface area contributed by atoms with Gasteiger partial charge in [0.05, 0.1) is 13.2 Å². The number of ether oxygens (including phenoxy) is 1. The van der Waals surface area contributed by atoms with Crippen molar-refractivity contribution in [2.45, 2.75) is 25.8 Å². The lowest BCUT2D eigenvalue weighted by atomic mass is 10.2. The Hall–Kier alpha value is -2.09. The third-order valence-electron chi connectivity index (χ3n) is 3.96. The van der Waals surface area contributed by atoms with Crippen molar-refractivity contribution >= 4 is 17.8 Å². The maximum absolute atomic E-state index is 12.6. The SMILES string of the molecule is Cc1cc(NC(=O)[C@@H]2CCCN2C(=O)N2CCOCC2)no1. The molecule has 2 aliphatic heterocycles. The van der Waals surface area contributed by atoms with Crippen molar-refractivity contribution in [3.8, 4) is 0 Å². The summed E-state index contributed by atoms with van der Waals surface area (Å²) in [6, 6.07) is 1.12.